The highest BCUT2D eigenvalue weighted by atomic mass is 35.5. The lowest BCUT2D eigenvalue weighted by atomic mass is 10.2. The van der Waals surface area contributed by atoms with E-state index >= 15 is 0 Å². The monoisotopic (exact) mass is 492 g/mol. The number of thiocarbonyl (C=S) groups is 1. The highest BCUT2D eigenvalue weighted by Crippen LogP contribution is 2.34. The van der Waals surface area contributed by atoms with Gasteiger partial charge in [0.25, 0.3) is 5.91 Å². The zero-order chi connectivity index (χ0) is 22.1. The molecule has 0 radical (unpaired) electrons. The van der Waals surface area contributed by atoms with Crippen LogP contribution in [0.1, 0.15) is 16.1 Å². The van der Waals surface area contributed by atoms with Crippen LogP contribution in [0.4, 0.5) is 18.9 Å². The van der Waals surface area contributed by atoms with E-state index in [-0.39, 0.29) is 21.6 Å². The van der Waals surface area contributed by atoms with Crippen LogP contribution in [0.25, 0.3) is 11.3 Å². The molecular formula is C19H10Cl3F3N2O2S. The summed E-state index contributed by atoms with van der Waals surface area (Å²) >= 11 is 22.9. The average molecular weight is 494 g/mol. The number of nitrogens with one attached hydrogen (secondary N) is 2. The number of hydrogen-bond acceptors (Lipinski definition) is 3. The smallest absolute Gasteiger partial charge is 0.416 e. The van der Waals surface area contributed by atoms with E-state index in [1.165, 1.54) is 12.1 Å². The molecule has 0 saturated carbocycles. The van der Waals surface area contributed by atoms with E-state index in [0.717, 1.165) is 18.2 Å². The van der Waals surface area contributed by atoms with E-state index in [2.05, 4.69) is 10.6 Å². The molecule has 0 fully saturated rings. The fraction of sp³-hybridized carbons (Fsp3) is 0.0526. The topological polar surface area (TPSA) is 54.3 Å². The van der Waals surface area contributed by atoms with E-state index in [4.69, 9.17) is 51.4 Å². The van der Waals surface area contributed by atoms with Gasteiger partial charge >= 0.3 is 6.18 Å². The van der Waals surface area contributed by atoms with Gasteiger partial charge in [-0.3, -0.25) is 10.1 Å². The van der Waals surface area contributed by atoms with Crippen molar-refractivity contribution < 1.29 is 22.4 Å². The molecule has 156 valence electrons. The molecule has 4 nitrogen and oxygen atoms in total. The standard InChI is InChI=1S/C19H10Cl3F3N2O2S/c20-10-2-3-11(12(21)8-10)15-5-6-16(29-15)17(28)27-18(30)26-14-4-1-9(7-13(14)22)19(23,24)25/h1-8H,(H2,26,27,28,30). The quantitative estimate of drug-likeness (QED) is 0.384. The van der Waals surface area contributed by atoms with Gasteiger partial charge in [-0.15, -0.1) is 0 Å². The molecule has 0 spiro atoms. The van der Waals surface area contributed by atoms with Crippen LogP contribution in [-0.2, 0) is 6.18 Å². The molecule has 3 rings (SSSR count). The molecule has 0 saturated heterocycles. The summed E-state index contributed by atoms with van der Waals surface area (Å²) in [6.45, 7) is 0. The molecule has 1 aromatic heterocycles. The zero-order valence-electron chi connectivity index (χ0n) is 14.6. The Bertz CT molecular complexity index is 1130. The van der Waals surface area contributed by atoms with Crippen molar-refractivity contribution in [2.24, 2.45) is 0 Å². The van der Waals surface area contributed by atoms with Gasteiger partial charge in [-0.1, -0.05) is 34.8 Å². The minimum absolute atomic E-state index is 0.0568. The van der Waals surface area contributed by atoms with E-state index in [9.17, 15) is 18.0 Å². The summed E-state index contributed by atoms with van der Waals surface area (Å²) in [5.41, 5.74) is -0.266. The van der Waals surface area contributed by atoms with Gasteiger partial charge < -0.3 is 9.73 Å². The summed E-state index contributed by atoms with van der Waals surface area (Å²) < 4.78 is 43.6. The van der Waals surface area contributed by atoms with Gasteiger partial charge in [-0.2, -0.15) is 13.2 Å². The molecule has 0 aliphatic carbocycles. The lowest BCUT2D eigenvalue weighted by Gasteiger charge is -2.12. The number of alkyl halides is 3. The van der Waals surface area contributed by atoms with Crippen molar-refractivity contribution in [2.75, 3.05) is 5.32 Å². The normalized spacial score (nSPS) is 11.3. The molecular weight excluding hydrogens is 484 g/mol. The fourth-order valence-corrected chi connectivity index (χ4v) is 3.34. The predicted molar refractivity (Wildman–Crippen MR) is 114 cm³/mol. The molecule has 3 aromatic rings. The molecule has 2 N–H and O–H groups in total. The van der Waals surface area contributed by atoms with Crippen LogP contribution >= 0.6 is 47.0 Å². The SMILES string of the molecule is O=C(NC(=S)Nc1ccc(C(F)(F)F)cc1Cl)c1ccc(-c2ccc(Cl)cc2Cl)o1. The maximum atomic E-state index is 12.7. The Hall–Kier alpha value is -2.26. The number of carbonyl (C=O) groups is 1. The van der Waals surface area contributed by atoms with E-state index in [1.54, 1.807) is 18.2 Å². The van der Waals surface area contributed by atoms with Crippen molar-refractivity contribution in [3.63, 3.8) is 0 Å². The lowest BCUT2D eigenvalue weighted by Crippen LogP contribution is -2.34. The van der Waals surface area contributed by atoms with Crippen molar-refractivity contribution in [2.45, 2.75) is 6.18 Å². The zero-order valence-corrected chi connectivity index (χ0v) is 17.7. The number of anilines is 1. The third-order valence-corrected chi connectivity index (χ3v) is 4.86. The summed E-state index contributed by atoms with van der Waals surface area (Å²) in [4.78, 5) is 12.3. The summed E-state index contributed by atoms with van der Waals surface area (Å²) in [6.07, 6.45) is -4.53. The Morgan fingerprint density at radius 2 is 1.70 bits per heavy atom. The first-order chi connectivity index (χ1) is 14.0. The van der Waals surface area contributed by atoms with Crippen molar-refractivity contribution in [1.82, 2.24) is 5.32 Å². The van der Waals surface area contributed by atoms with Crippen LogP contribution in [0.3, 0.4) is 0 Å². The second-order valence-corrected chi connectivity index (χ2v) is 7.55. The first-order valence-corrected chi connectivity index (χ1v) is 9.63. The number of benzene rings is 2. The van der Waals surface area contributed by atoms with Gasteiger partial charge in [-0.25, -0.2) is 0 Å². The third-order valence-electron chi connectivity index (χ3n) is 3.80. The van der Waals surface area contributed by atoms with Crippen LogP contribution in [0.2, 0.25) is 15.1 Å². The number of hydrogen-bond donors (Lipinski definition) is 2. The molecule has 1 heterocycles. The summed E-state index contributed by atoms with van der Waals surface area (Å²) in [5.74, 6) is -0.392. The van der Waals surface area contributed by atoms with Crippen LogP contribution in [0.5, 0.6) is 0 Å². The maximum absolute atomic E-state index is 12.7. The minimum atomic E-state index is -4.53. The van der Waals surface area contributed by atoms with Gasteiger partial charge in [-0.05, 0) is 60.7 Å². The molecule has 11 heteroatoms. The summed E-state index contributed by atoms with van der Waals surface area (Å²) in [6, 6.07) is 10.5. The van der Waals surface area contributed by atoms with Gasteiger partial charge in [0.1, 0.15) is 5.76 Å². The number of halogens is 6. The molecule has 30 heavy (non-hydrogen) atoms. The van der Waals surface area contributed by atoms with Crippen LogP contribution in [0, 0.1) is 0 Å². The average Bonchev–Trinajstić information content (AvgIpc) is 3.12. The minimum Gasteiger partial charge on any atom is -0.451 e. The molecule has 0 aliphatic heterocycles. The molecule has 0 atom stereocenters. The Morgan fingerprint density at radius 1 is 0.967 bits per heavy atom. The van der Waals surface area contributed by atoms with Crippen LogP contribution in [0.15, 0.2) is 52.9 Å². The maximum Gasteiger partial charge on any atom is 0.416 e. The van der Waals surface area contributed by atoms with Crippen molar-refractivity contribution in [3.05, 3.63) is 74.9 Å². The second-order valence-electron chi connectivity index (χ2n) is 5.89. The van der Waals surface area contributed by atoms with E-state index in [0.29, 0.717) is 21.4 Å². The number of carbonyl (C=O) groups excluding carboxylic acids is 1. The van der Waals surface area contributed by atoms with Crippen molar-refractivity contribution in [1.29, 1.82) is 0 Å². The van der Waals surface area contributed by atoms with Crippen molar-refractivity contribution in [3.8, 4) is 11.3 Å². The third kappa shape index (κ3) is 5.26. The van der Waals surface area contributed by atoms with Gasteiger partial charge in [0, 0.05) is 10.6 Å². The number of rotatable bonds is 3. The molecule has 0 bridgehead atoms. The van der Waals surface area contributed by atoms with E-state index < -0.39 is 17.6 Å². The Balaban J connectivity index is 1.68. The van der Waals surface area contributed by atoms with Crippen LogP contribution < -0.4 is 10.6 Å². The van der Waals surface area contributed by atoms with Gasteiger partial charge in [0.2, 0.25) is 0 Å². The largest absolute Gasteiger partial charge is 0.451 e. The van der Waals surface area contributed by atoms with E-state index in [1.807, 2.05) is 0 Å². The van der Waals surface area contributed by atoms with Crippen LogP contribution in [-0.4, -0.2) is 11.0 Å². The molecule has 0 unspecified atom stereocenters. The van der Waals surface area contributed by atoms with Gasteiger partial charge in [0.15, 0.2) is 10.9 Å². The molecule has 2 aromatic carbocycles. The summed E-state index contributed by atoms with van der Waals surface area (Å²) in [5, 5.41) is 5.33. The highest BCUT2D eigenvalue weighted by Gasteiger charge is 2.31. The predicted octanol–water partition coefficient (Wildman–Crippen LogP) is 7.05. The summed E-state index contributed by atoms with van der Waals surface area (Å²) in [7, 11) is 0. The molecule has 0 aliphatic rings. The first kappa shape index (κ1) is 22.4. The molecule has 1 amide bonds. The second kappa shape index (κ2) is 8.85. The fourth-order valence-electron chi connectivity index (χ4n) is 2.41. The number of furan rings is 1. The Labute approximate surface area is 188 Å². The Morgan fingerprint density at radius 3 is 2.33 bits per heavy atom. The van der Waals surface area contributed by atoms with Gasteiger partial charge in [0.05, 0.1) is 21.3 Å². The first-order valence-electron chi connectivity index (χ1n) is 8.09. The Kier molecular flexibility index (Phi) is 6.62. The highest BCUT2D eigenvalue weighted by molar-refractivity contribution is 7.80. The van der Waals surface area contributed by atoms with Crippen molar-refractivity contribution >= 4 is 63.7 Å². The lowest BCUT2D eigenvalue weighted by molar-refractivity contribution is -0.137. The number of amides is 1.